The number of amides is 1. The van der Waals surface area contributed by atoms with E-state index in [1.54, 1.807) is 16.8 Å². The number of nitrogens with one attached hydrogen (secondary N) is 1. The summed E-state index contributed by atoms with van der Waals surface area (Å²) in [7, 11) is 0. The Morgan fingerprint density at radius 1 is 1.17 bits per heavy atom. The average Bonchev–Trinajstić information content (AvgIpc) is 3.14. The third-order valence-corrected chi connectivity index (χ3v) is 5.77. The molecule has 2 aromatic heterocycles. The van der Waals surface area contributed by atoms with E-state index in [1.165, 1.54) is 17.1 Å². The Morgan fingerprint density at radius 2 is 2.00 bits per heavy atom. The van der Waals surface area contributed by atoms with Gasteiger partial charge in [0.1, 0.15) is 11.7 Å². The number of hydrogen-bond donors (Lipinski definition) is 1. The van der Waals surface area contributed by atoms with Crippen LogP contribution in [0.3, 0.4) is 0 Å². The maximum Gasteiger partial charge on any atom is 0.264 e. The third-order valence-electron chi connectivity index (χ3n) is 4.59. The van der Waals surface area contributed by atoms with E-state index in [1.807, 2.05) is 36.4 Å². The van der Waals surface area contributed by atoms with Crippen molar-refractivity contribution in [3.63, 3.8) is 0 Å². The molecule has 1 amide bonds. The van der Waals surface area contributed by atoms with Gasteiger partial charge >= 0.3 is 0 Å². The van der Waals surface area contributed by atoms with Gasteiger partial charge in [0.2, 0.25) is 0 Å². The molecule has 2 aromatic carbocycles. The van der Waals surface area contributed by atoms with Gasteiger partial charge < -0.3 is 5.32 Å². The second kappa shape index (κ2) is 8.97. The van der Waals surface area contributed by atoms with E-state index in [4.69, 9.17) is 11.6 Å². The normalized spacial score (nSPS) is 11.0. The summed E-state index contributed by atoms with van der Waals surface area (Å²) in [4.78, 5) is 29.5. The Balaban J connectivity index is 1.47. The third kappa shape index (κ3) is 4.39. The molecule has 0 saturated heterocycles. The topological polar surface area (TPSA) is 81.8 Å². The summed E-state index contributed by atoms with van der Waals surface area (Å²) >= 11 is 8.15. The van der Waals surface area contributed by atoms with Crippen molar-refractivity contribution >= 4 is 51.1 Å². The highest BCUT2D eigenvalue weighted by atomic mass is 127. The van der Waals surface area contributed by atoms with Crippen molar-refractivity contribution in [2.75, 3.05) is 6.54 Å². The first kappa shape index (κ1) is 20.5. The Hall–Kier alpha value is -2.72. The van der Waals surface area contributed by atoms with Crippen LogP contribution in [0.1, 0.15) is 15.9 Å². The highest BCUT2D eigenvalue weighted by Crippen LogP contribution is 2.13. The predicted octanol–water partition coefficient (Wildman–Crippen LogP) is 3.33. The lowest BCUT2D eigenvalue weighted by Gasteiger charge is -2.08. The van der Waals surface area contributed by atoms with Crippen LogP contribution in [-0.2, 0) is 13.1 Å². The molecule has 0 aliphatic rings. The lowest BCUT2D eigenvalue weighted by atomic mass is 10.2. The van der Waals surface area contributed by atoms with Gasteiger partial charge in [0.25, 0.3) is 11.5 Å². The van der Waals surface area contributed by atoms with E-state index in [0.717, 1.165) is 9.13 Å². The van der Waals surface area contributed by atoms with E-state index in [2.05, 4.69) is 38.0 Å². The van der Waals surface area contributed by atoms with Gasteiger partial charge in [0, 0.05) is 15.1 Å². The lowest BCUT2D eigenvalue weighted by molar-refractivity contribution is 0.0951. The first-order valence-electron chi connectivity index (χ1n) is 9.21. The van der Waals surface area contributed by atoms with Gasteiger partial charge in [-0.05, 0) is 52.4 Å². The van der Waals surface area contributed by atoms with Crippen molar-refractivity contribution in [1.29, 1.82) is 0 Å². The molecule has 0 atom stereocenters. The molecule has 0 fully saturated rings. The summed E-state index contributed by atoms with van der Waals surface area (Å²) in [5, 5.41) is 8.20. The zero-order chi connectivity index (χ0) is 21.1. The maximum absolute atomic E-state index is 12.8. The Kier molecular flexibility index (Phi) is 6.14. The van der Waals surface area contributed by atoms with E-state index >= 15 is 0 Å². The molecular weight excluding hydrogens is 517 g/mol. The van der Waals surface area contributed by atoms with Crippen molar-refractivity contribution in [1.82, 2.24) is 24.6 Å². The van der Waals surface area contributed by atoms with Crippen molar-refractivity contribution in [3.8, 4) is 0 Å². The van der Waals surface area contributed by atoms with Crippen LogP contribution in [0.5, 0.6) is 0 Å². The maximum atomic E-state index is 12.8. The Bertz CT molecular complexity index is 1280. The molecule has 0 unspecified atom stereocenters. The minimum absolute atomic E-state index is 0.145. The van der Waals surface area contributed by atoms with E-state index in [-0.39, 0.29) is 11.5 Å². The fourth-order valence-corrected chi connectivity index (χ4v) is 3.97. The second-order valence-electron chi connectivity index (χ2n) is 6.65. The van der Waals surface area contributed by atoms with Crippen LogP contribution in [0.4, 0.5) is 0 Å². The van der Waals surface area contributed by atoms with Crippen LogP contribution in [0.15, 0.2) is 65.8 Å². The number of nitrogens with zero attached hydrogens (tertiary/aromatic N) is 4. The van der Waals surface area contributed by atoms with Crippen LogP contribution < -0.4 is 10.9 Å². The molecule has 9 heteroatoms. The molecule has 0 spiro atoms. The molecule has 152 valence electrons. The van der Waals surface area contributed by atoms with Gasteiger partial charge in [-0.2, -0.15) is 5.10 Å². The van der Waals surface area contributed by atoms with E-state index in [0.29, 0.717) is 41.3 Å². The standard InChI is InChI=1S/C21H17ClIN5O2/c22-15-5-3-4-14(10-15)12-27-13-25-19-17(21(27)30)11-26-28(19)9-8-24-20(29)16-6-1-2-7-18(16)23/h1-7,10-11,13H,8-9,12H2,(H,24,29). The molecule has 0 aliphatic carbocycles. The first-order valence-corrected chi connectivity index (χ1v) is 10.7. The number of carbonyl (C=O) groups excluding carboxylic acids is 1. The first-order chi connectivity index (χ1) is 14.5. The smallest absolute Gasteiger partial charge is 0.264 e. The van der Waals surface area contributed by atoms with Gasteiger partial charge in [-0.25, -0.2) is 9.67 Å². The van der Waals surface area contributed by atoms with Crippen molar-refractivity contribution < 1.29 is 4.79 Å². The average molecular weight is 534 g/mol. The number of hydrogen-bond acceptors (Lipinski definition) is 4. The van der Waals surface area contributed by atoms with Gasteiger partial charge in [0.15, 0.2) is 5.65 Å². The molecule has 7 nitrogen and oxygen atoms in total. The summed E-state index contributed by atoms with van der Waals surface area (Å²) in [5.74, 6) is -0.145. The highest BCUT2D eigenvalue weighted by molar-refractivity contribution is 14.1. The van der Waals surface area contributed by atoms with Crippen LogP contribution in [0.25, 0.3) is 11.0 Å². The molecular formula is C21H17ClIN5O2. The zero-order valence-corrected chi connectivity index (χ0v) is 18.7. The monoisotopic (exact) mass is 533 g/mol. The van der Waals surface area contributed by atoms with Gasteiger partial charge in [-0.3, -0.25) is 14.2 Å². The minimum atomic E-state index is -0.172. The summed E-state index contributed by atoms with van der Waals surface area (Å²) < 4.78 is 4.04. The van der Waals surface area contributed by atoms with Gasteiger partial charge in [0.05, 0.1) is 24.8 Å². The SMILES string of the molecule is O=C(NCCn1ncc2c(=O)n(Cc3cccc(Cl)c3)cnc21)c1ccccc1I. The van der Waals surface area contributed by atoms with Crippen LogP contribution in [-0.4, -0.2) is 31.8 Å². The van der Waals surface area contributed by atoms with Crippen molar-refractivity contribution in [2.24, 2.45) is 0 Å². The number of rotatable bonds is 6. The van der Waals surface area contributed by atoms with Crippen LogP contribution >= 0.6 is 34.2 Å². The second-order valence-corrected chi connectivity index (χ2v) is 8.25. The minimum Gasteiger partial charge on any atom is -0.350 e. The zero-order valence-electron chi connectivity index (χ0n) is 15.8. The number of aromatic nitrogens is 4. The molecule has 30 heavy (non-hydrogen) atoms. The van der Waals surface area contributed by atoms with Crippen LogP contribution in [0, 0.1) is 3.57 Å². The van der Waals surface area contributed by atoms with E-state index < -0.39 is 0 Å². The quantitative estimate of drug-likeness (QED) is 0.386. The number of carbonyl (C=O) groups is 1. The van der Waals surface area contributed by atoms with Gasteiger partial charge in [-0.15, -0.1) is 0 Å². The van der Waals surface area contributed by atoms with E-state index in [9.17, 15) is 9.59 Å². The molecule has 0 saturated carbocycles. The molecule has 4 aromatic rings. The Morgan fingerprint density at radius 3 is 2.80 bits per heavy atom. The fourth-order valence-electron chi connectivity index (χ4n) is 3.12. The number of benzene rings is 2. The summed E-state index contributed by atoms with van der Waals surface area (Å²) in [5.41, 5.74) is 1.86. The van der Waals surface area contributed by atoms with Gasteiger partial charge in [-0.1, -0.05) is 35.9 Å². The number of fused-ring (bicyclic) bond motifs is 1. The van der Waals surface area contributed by atoms with Crippen molar-refractivity contribution in [3.05, 3.63) is 91.1 Å². The van der Waals surface area contributed by atoms with Crippen molar-refractivity contribution in [2.45, 2.75) is 13.1 Å². The largest absolute Gasteiger partial charge is 0.350 e. The van der Waals surface area contributed by atoms with Crippen LogP contribution in [0.2, 0.25) is 5.02 Å². The fraction of sp³-hybridized carbons (Fsp3) is 0.143. The molecule has 2 heterocycles. The molecule has 0 bridgehead atoms. The summed E-state index contributed by atoms with van der Waals surface area (Å²) in [6.07, 6.45) is 3.02. The molecule has 4 rings (SSSR count). The molecule has 0 radical (unpaired) electrons. The highest BCUT2D eigenvalue weighted by Gasteiger charge is 2.12. The summed E-state index contributed by atoms with van der Waals surface area (Å²) in [6, 6.07) is 14.7. The Labute approximate surface area is 190 Å². The predicted molar refractivity (Wildman–Crippen MR) is 124 cm³/mol. The lowest BCUT2D eigenvalue weighted by Crippen LogP contribution is -2.28. The number of halogens is 2. The molecule has 1 N–H and O–H groups in total. The molecule has 0 aliphatic heterocycles. The summed E-state index contributed by atoms with van der Waals surface area (Å²) in [6.45, 7) is 1.15.